The van der Waals surface area contributed by atoms with E-state index < -0.39 is 22.4 Å². The largest absolute Gasteiger partial charge is 0.416 e. The minimum absolute atomic E-state index is 0.0939. The Balaban J connectivity index is 1.75. The molecule has 0 aliphatic rings. The van der Waals surface area contributed by atoms with Crippen LogP contribution in [-0.4, -0.2) is 15.7 Å². The van der Waals surface area contributed by atoms with Crippen LogP contribution in [-0.2, 0) is 6.18 Å². The van der Waals surface area contributed by atoms with Crippen molar-refractivity contribution in [2.45, 2.75) is 6.18 Å². The van der Waals surface area contributed by atoms with Crippen LogP contribution in [0.1, 0.15) is 20.8 Å². The number of alkyl halides is 3. The Morgan fingerprint density at radius 2 is 1.89 bits per heavy atom. The van der Waals surface area contributed by atoms with Gasteiger partial charge in [0.15, 0.2) is 5.78 Å². The number of rotatable bonds is 5. The molecule has 0 aliphatic heterocycles. The summed E-state index contributed by atoms with van der Waals surface area (Å²) in [6.07, 6.45) is 0.794. The summed E-state index contributed by atoms with van der Waals surface area (Å²) in [6, 6.07) is 10.2. The van der Waals surface area contributed by atoms with E-state index in [-0.39, 0.29) is 10.6 Å². The van der Waals surface area contributed by atoms with E-state index in [0.29, 0.717) is 16.1 Å². The third-order valence-corrected chi connectivity index (χ3v) is 4.67. The minimum atomic E-state index is -4.42. The van der Waals surface area contributed by atoms with Crippen LogP contribution in [0.15, 0.2) is 54.6 Å². The summed E-state index contributed by atoms with van der Waals surface area (Å²) in [7, 11) is 0. The van der Waals surface area contributed by atoms with E-state index in [4.69, 9.17) is 0 Å². The lowest BCUT2D eigenvalue weighted by Gasteiger charge is -2.06. The quantitative estimate of drug-likeness (QED) is 0.246. The number of benzene rings is 2. The smallest absolute Gasteiger partial charge is 0.288 e. The van der Waals surface area contributed by atoms with Crippen LogP contribution < -0.4 is 0 Å². The highest BCUT2D eigenvalue weighted by Crippen LogP contribution is 2.32. The third-order valence-electron chi connectivity index (χ3n) is 3.65. The van der Waals surface area contributed by atoms with Gasteiger partial charge in [-0.1, -0.05) is 30.3 Å². The highest BCUT2D eigenvalue weighted by Gasteiger charge is 2.30. The first-order valence-electron chi connectivity index (χ1n) is 7.77. The minimum Gasteiger partial charge on any atom is -0.288 e. The molecule has 0 atom stereocenters. The number of hydrogen-bond donors (Lipinski definition) is 0. The zero-order valence-electron chi connectivity index (χ0n) is 13.9. The SMILES string of the molecule is O=C(C=Cc1cccc([N+](=O)[O-])c1)c1[c]nc(-c2ccc(C(F)(F)F)cc2)s1. The maximum atomic E-state index is 12.6. The average Bonchev–Trinajstić information content (AvgIpc) is 3.16. The summed E-state index contributed by atoms with van der Waals surface area (Å²) in [5.74, 6) is -0.415. The van der Waals surface area contributed by atoms with Crippen molar-refractivity contribution in [1.82, 2.24) is 4.98 Å². The number of carbonyl (C=O) groups is 1. The molecular weight excluding hydrogens is 393 g/mol. The average molecular weight is 403 g/mol. The van der Waals surface area contributed by atoms with Crippen molar-refractivity contribution in [2.75, 3.05) is 0 Å². The Bertz CT molecular complexity index is 1060. The lowest BCUT2D eigenvalue weighted by molar-refractivity contribution is -0.384. The van der Waals surface area contributed by atoms with Gasteiger partial charge in [-0.25, -0.2) is 4.98 Å². The maximum Gasteiger partial charge on any atom is 0.416 e. The molecule has 1 heterocycles. The van der Waals surface area contributed by atoms with E-state index in [9.17, 15) is 28.1 Å². The zero-order chi connectivity index (χ0) is 20.3. The number of nitro groups is 1. The number of nitro benzene ring substituents is 1. The molecule has 0 saturated heterocycles. The van der Waals surface area contributed by atoms with Gasteiger partial charge in [0.2, 0.25) is 0 Å². The molecule has 0 spiro atoms. The van der Waals surface area contributed by atoms with Crippen LogP contribution >= 0.6 is 11.3 Å². The van der Waals surface area contributed by atoms with Gasteiger partial charge in [0, 0.05) is 17.7 Å². The summed E-state index contributed by atoms with van der Waals surface area (Å²) >= 11 is 0.994. The van der Waals surface area contributed by atoms with Crippen molar-refractivity contribution >= 4 is 28.9 Å². The summed E-state index contributed by atoms with van der Waals surface area (Å²) < 4.78 is 37.9. The van der Waals surface area contributed by atoms with Crippen molar-refractivity contribution in [3.63, 3.8) is 0 Å². The molecule has 0 bridgehead atoms. The number of nitrogens with zero attached hydrogens (tertiary/aromatic N) is 2. The van der Waals surface area contributed by atoms with Crippen LogP contribution in [0.4, 0.5) is 18.9 Å². The van der Waals surface area contributed by atoms with Gasteiger partial charge in [-0.3, -0.25) is 14.9 Å². The van der Waals surface area contributed by atoms with Crippen LogP contribution in [0.2, 0.25) is 0 Å². The first kappa shape index (κ1) is 19.4. The van der Waals surface area contributed by atoms with Gasteiger partial charge in [0.05, 0.1) is 10.5 Å². The number of ketones is 1. The highest BCUT2D eigenvalue weighted by atomic mass is 32.1. The van der Waals surface area contributed by atoms with Crippen LogP contribution in [0.25, 0.3) is 16.6 Å². The number of halogens is 3. The molecule has 5 nitrogen and oxygen atoms in total. The van der Waals surface area contributed by atoms with Crippen molar-refractivity contribution in [2.24, 2.45) is 0 Å². The van der Waals surface area contributed by atoms with Crippen molar-refractivity contribution in [1.29, 1.82) is 0 Å². The second kappa shape index (κ2) is 7.73. The topological polar surface area (TPSA) is 73.1 Å². The highest BCUT2D eigenvalue weighted by molar-refractivity contribution is 7.17. The molecule has 3 rings (SSSR count). The van der Waals surface area contributed by atoms with Gasteiger partial charge < -0.3 is 0 Å². The van der Waals surface area contributed by atoms with Crippen LogP contribution in [0.3, 0.4) is 0 Å². The molecule has 0 amide bonds. The number of thiazole rings is 1. The van der Waals surface area contributed by atoms with Gasteiger partial charge in [-0.2, -0.15) is 13.2 Å². The molecule has 0 N–H and O–H groups in total. The Labute approximate surface area is 160 Å². The predicted octanol–water partition coefficient (Wildman–Crippen LogP) is 5.43. The van der Waals surface area contributed by atoms with Crippen LogP contribution in [0, 0.1) is 16.3 Å². The van der Waals surface area contributed by atoms with Crippen molar-refractivity contribution in [3.8, 4) is 10.6 Å². The Hall–Kier alpha value is -3.33. The fourth-order valence-corrected chi connectivity index (χ4v) is 3.06. The first-order valence-corrected chi connectivity index (χ1v) is 8.59. The van der Waals surface area contributed by atoms with Gasteiger partial charge in [-0.05, 0) is 23.8 Å². The first-order chi connectivity index (χ1) is 13.2. The molecule has 2 aromatic carbocycles. The van der Waals surface area contributed by atoms with Crippen molar-refractivity contribution < 1.29 is 22.9 Å². The van der Waals surface area contributed by atoms with E-state index in [1.807, 2.05) is 0 Å². The van der Waals surface area contributed by atoms with E-state index in [2.05, 4.69) is 11.2 Å². The second-order valence-electron chi connectivity index (χ2n) is 5.58. The summed E-state index contributed by atoms with van der Waals surface area (Å²) in [4.78, 5) is 26.6. The predicted molar refractivity (Wildman–Crippen MR) is 97.8 cm³/mol. The fraction of sp³-hybridized carbons (Fsp3) is 0.0526. The van der Waals surface area contributed by atoms with Gasteiger partial charge in [-0.15, -0.1) is 11.3 Å². The van der Waals surface area contributed by atoms with E-state index >= 15 is 0 Å². The van der Waals surface area contributed by atoms with E-state index in [1.54, 1.807) is 6.07 Å². The number of aromatic nitrogens is 1. The zero-order valence-corrected chi connectivity index (χ0v) is 14.8. The normalized spacial score (nSPS) is 11.7. The molecule has 0 aliphatic carbocycles. The number of hydrogen-bond acceptors (Lipinski definition) is 5. The van der Waals surface area contributed by atoms with Gasteiger partial charge >= 0.3 is 6.18 Å². The lowest BCUT2D eigenvalue weighted by atomic mass is 10.1. The summed E-state index contributed by atoms with van der Waals surface area (Å²) in [5, 5.41) is 11.1. The van der Waals surface area contributed by atoms with Gasteiger partial charge in [0.25, 0.3) is 5.69 Å². The number of non-ortho nitro benzene ring substituents is 1. The van der Waals surface area contributed by atoms with E-state index in [1.165, 1.54) is 42.5 Å². The lowest BCUT2D eigenvalue weighted by Crippen LogP contribution is -2.03. The molecule has 3 aromatic rings. The van der Waals surface area contributed by atoms with Gasteiger partial charge in [0.1, 0.15) is 16.1 Å². The molecule has 0 unspecified atom stereocenters. The Morgan fingerprint density at radius 3 is 2.54 bits per heavy atom. The molecular formula is C19H10F3N2O3S. The molecule has 1 radical (unpaired) electrons. The fourth-order valence-electron chi connectivity index (χ4n) is 2.26. The maximum absolute atomic E-state index is 12.6. The second-order valence-corrected chi connectivity index (χ2v) is 6.58. The molecule has 0 saturated carbocycles. The number of allylic oxidation sites excluding steroid dienone is 1. The van der Waals surface area contributed by atoms with Crippen molar-refractivity contribution in [3.05, 3.63) is 86.9 Å². The molecule has 0 fully saturated rings. The molecule has 9 heteroatoms. The Morgan fingerprint density at radius 1 is 1.18 bits per heavy atom. The van der Waals surface area contributed by atoms with E-state index in [0.717, 1.165) is 23.5 Å². The molecule has 28 heavy (non-hydrogen) atoms. The standard InChI is InChI=1S/C19H10F3N2O3S/c20-19(21,22)14-7-5-13(6-8-14)18-23-11-17(28-18)16(25)9-4-12-2-1-3-15(10-12)24(26)27/h1-10H. The van der Waals surface area contributed by atoms with Crippen LogP contribution in [0.5, 0.6) is 0 Å². The monoisotopic (exact) mass is 403 g/mol. The molecule has 1 aromatic heterocycles. The summed E-state index contributed by atoms with van der Waals surface area (Å²) in [6.45, 7) is 0. The number of carbonyl (C=O) groups excluding carboxylic acids is 1. The third kappa shape index (κ3) is 4.49. The molecule has 141 valence electrons. The Kier molecular flexibility index (Phi) is 5.36. The summed E-state index contributed by atoms with van der Waals surface area (Å²) in [5.41, 5.74) is 0.0579.